The summed E-state index contributed by atoms with van der Waals surface area (Å²) >= 11 is 0. The predicted molar refractivity (Wildman–Crippen MR) is 152 cm³/mol. The van der Waals surface area contributed by atoms with Gasteiger partial charge in [0.1, 0.15) is 17.7 Å². The zero-order valence-corrected chi connectivity index (χ0v) is 22.7. The lowest BCUT2D eigenvalue weighted by Crippen LogP contribution is -2.47. The van der Waals surface area contributed by atoms with Crippen molar-refractivity contribution < 1.29 is 9.50 Å². The Balaban J connectivity index is 1.05. The molecule has 41 heavy (non-hydrogen) atoms. The number of hydrogen-bond donors (Lipinski definition) is 2. The van der Waals surface area contributed by atoms with Crippen molar-refractivity contribution in [2.75, 3.05) is 36.0 Å². The average Bonchev–Trinajstić information content (AvgIpc) is 3.64. The van der Waals surface area contributed by atoms with Crippen LogP contribution in [0.4, 0.5) is 16.2 Å². The fourth-order valence-corrected chi connectivity index (χ4v) is 5.59. The summed E-state index contributed by atoms with van der Waals surface area (Å²) < 4.78 is 17.1. The van der Waals surface area contributed by atoms with Crippen molar-refractivity contribution >= 4 is 17.3 Å². The van der Waals surface area contributed by atoms with Gasteiger partial charge in [-0.3, -0.25) is 4.68 Å². The Labute approximate surface area is 236 Å². The van der Waals surface area contributed by atoms with Crippen LogP contribution < -0.4 is 15.5 Å². The van der Waals surface area contributed by atoms with Gasteiger partial charge in [0.25, 0.3) is 0 Å². The Kier molecular flexibility index (Phi) is 6.16. The summed E-state index contributed by atoms with van der Waals surface area (Å²) in [7, 11) is 0. The van der Waals surface area contributed by atoms with Crippen LogP contribution in [0.25, 0.3) is 16.6 Å². The van der Waals surface area contributed by atoms with E-state index < -0.39 is 5.54 Å². The molecule has 2 aliphatic rings. The van der Waals surface area contributed by atoms with E-state index in [4.69, 9.17) is 5.73 Å². The standard InChI is InChI=1S/C29H31FN10O/c1-29(31,21-2-4-23(30)5-3-21)22-14-32-28(33-15-22)38-10-8-37(9-11-38)27-25-12-19(16-40(25)36-18-34-27)20-13-35-39(17-20)24-6-7-26(24)41/h2-5,12-18,24,26,41H,6-11,31H2,1H3/t24-,26-,29-/m0/s1. The van der Waals surface area contributed by atoms with Crippen molar-refractivity contribution in [2.24, 2.45) is 5.73 Å². The molecule has 2 fully saturated rings. The van der Waals surface area contributed by atoms with Crippen LogP contribution in [0.2, 0.25) is 0 Å². The minimum Gasteiger partial charge on any atom is -0.391 e. The zero-order valence-electron chi connectivity index (χ0n) is 22.7. The molecule has 0 radical (unpaired) electrons. The predicted octanol–water partition coefficient (Wildman–Crippen LogP) is 2.77. The van der Waals surface area contributed by atoms with Gasteiger partial charge < -0.3 is 20.6 Å². The van der Waals surface area contributed by atoms with E-state index >= 15 is 0 Å². The molecule has 0 spiro atoms. The molecule has 11 nitrogen and oxygen atoms in total. The molecule has 0 unspecified atom stereocenters. The Hall–Kier alpha value is -4.42. The summed E-state index contributed by atoms with van der Waals surface area (Å²) in [6.45, 7) is 4.84. The number of anilines is 2. The lowest BCUT2D eigenvalue weighted by atomic mass is 9.87. The Bertz CT molecular complexity index is 1670. The summed E-state index contributed by atoms with van der Waals surface area (Å²) in [6, 6.07) is 8.34. The van der Waals surface area contributed by atoms with Crippen molar-refractivity contribution in [3.05, 3.63) is 84.6 Å². The van der Waals surface area contributed by atoms with E-state index in [1.807, 2.05) is 34.7 Å². The highest BCUT2D eigenvalue weighted by Crippen LogP contribution is 2.34. The number of hydrogen-bond acceptors (Lipinski definition) is 9. The average molecular weight is 555 g/mol. The molecule has 3 atom stereocenters. The normalized spacial score (nSPS) is 20.7. The maximum atomic E-state index is 13.4. The third-order valence-electron chi connectivity index (χ3n) is 8.41. The molecule has 12 heteroatoms. The molecular formula is C29H31FN10O. The number of benzene rings is 1. The molecule has 5 aromatic rings. The molecule has 1 saturated carbocycles. The molecule has 4 aromatic heterocycles. The van der Waals surface area contributed by atoms with Crippen molar-refractivity contribution in [3.63, 3.8) is 0 Å². The van der Waals surface area contributed by atoms with Gasteiger partial charge in [-0.2, -0.15) is 10.2 Å². The molecule has 1 aromatic carbocycles. The van der Waals surface area contributed by atoms with Crippen molar-refractivity contribution in [3.8, 4) is 11.1 Å². The van der Waals surface area contributed by atoms with E-state index in [1.165, 1.54) is 12.1 Å². The summed E-state index contributed by atoms with van der Waals surface area (Å²) in [6.07, 6.45) is 12.3. The van der Waals surface area contributed by atoms with E-state index in [-0.39, 0.29) is 18.0 Å². The van der Waals surface area contributed by atoms with Crippen LogP contribution in [0, 0.1) is 5.82 Å². The number of nitrogens with zero attached hydrogens (tertiary/aromatic N) is 9. The van der Waals surface area contributed by atoms with Gasteiger partial charge in [-0.05, 0) is 43.5 Å². The van der Waals surface area contributed by atoms with Crippen molar-refractivity contribution in [1.82, 2.24) is 34.3 Å². The second-order valence-electron chi connectivity index (χ2n) is 11.0. The van der Waals surface area contributed by atoms with Crippen LogP contribution in [0.1, 0.15) is 36.9 Å². The number of nitrogens with two attached hydrogens (primary N) is 1. The first kappa shape index (κ1) is 25.5. The molecule has 0 bridgehead atoms. The number of halogens is 1. The van der Waals surface area contributed by atoms with E-state index in [0.29, 0.717) is 5.95 Å². The van der Waals surface area contributed by atoms with E-state index in [1.54, 1.807) is 30.9 Å². The van der Waals surface area contributed by atoms with Gasteiger partial charge in [0.2, 0.25) is 5.95 Å². The minimum absolute atomic E-state index is 0.0576. The number of aliphatic hydroxyl groups excluding tert-OH is 1. The smallest absolute Gasteiger partial charge is 0.225 e. The van der Waals surface area contributed by atoms with Gasteiger partial charge in [0.15, 0.2) is 5.82 Å². The van der Waals surface area contributed by atoms with Crippen LogP contribution >= 0.6 is 0 Å². The first-order valence-corrected chi connectivity index (χ1v) is 13.8. The summed E-state index contributed by atoms with van der Waals surface area (Å²) in [5.41, 5.74) is 10.2. The first-order chi connectivity index (χ1) is 19.9. The Morgan fingerprint density at radius 3 is 2.29 bits per heavy atom. The minimum atomic E-state index is -0.837. The topological polar surface area (TPSA) is 127 Å². The van der Waals surface area contributed by atoms with Crippen molar-refractivity contribution in [1.29, 1.82) is 0 Å². The van der Waals surface area contributed by atoms with Crippen LogP contribution in [-0.4, -0.2) is 71.7 Å². The lowest BCUT2D eigenvalue weighted by Gasteiger charge is -2.35. The molecule has 0 amide bonds. The highest BCUT2D eigenvalue weighted by Gasteiger charge is 2.31. The van der Waals surface area contributed by atoms with Crippen LogP contribution in [0.15, 0.2) is 67.6 Å². The molecule has 1 aliphatic heterocycles. The summed E-state index contributed by atoms with van der Waals surface area (Å²) in [5, 5.41) is 18.9. The largest absolute Gasteiger partial charge is 0.391 e. The molecule has 1 aliphatic carbocycles. The number of fused-ring (bicyclic) bond motifs is 1. The molecular weight excluding hydrogens is 523 g/mol. The van der Waals surface area contributed by atoms with E-state index in [2.05, 4.69) is 41.0 Å². The van der Waals surface area contributed by atoms with E-state index in [0.717, 1.165) is 72.6 Å². The Morgan fingerprint density at radius 2 is 1.61 bits per heavy atom. The molecule has 1 saturated heterocycles. The van der Waals surface area contributed by atoms with Gasteiger partial charge in [0.05, 0.1) is 23.9 Å². The molecule has 3 N–H and O–H groups in total. The van der Waals surface area contributed by atoms with Gasteiger partial charge in [-0.15, -0.1) is 0 Å². The second-order valence-corrected chi connectivity index (χ2v) is 11.0. The van der Waals surface area contributed by atoms with E-state index in [9.17, 15) is 9.50 Å². The zero-order chi connectivity index (χ0) is 28.1. The third-order valence-corrected chi connectivity index (χ3v) is 8.41. The van der Waals surface area contributed by atoms with Gasteiger partial charge >= 0.3 is 0 Å². The fraction of sp³-hybridized carbons (Fsp3) is 0.345. The number of piperazine rings is 1. The first-order valence-electron chi connectivity index (χ1n) is 13.8. The quantitative estimate of drug-likeness (QED) is 0.326. The van der Waals surface area contributed by atoms with Gasteiger partial charge in [-0.1, -0.05) is 12.1 Å². The highest BCUT2D eigenvalue weighted by atomic mass is 19.1. The Morgan fingerprint density at radius 1 is 0.878 bits per heavy atom. The maximum Gasteiger partial charge on any atom is 0.225 e. The van der Waals surface area contributed by atoms with Crippen molar-refractivity contribution in [2.45, 2.75) is 37.5 Å². The summed E-state index contributed by atoms with van der Waals surface area (Å²) in [5.74, 6) is 1.23. The van der Waals surface area contributed by atoms with Crippen LogP contribution in [0.3, 0.4) is 0 Å². The second kappa shape index (κ2) is 9.89. The third kappa shape index (κ3) is 4.58. The number of aromatic nitrogens is 7. The number of rotatable bonds is 6. The monoisotopic (exact) mass is 554 g/mol. The molecule has 5 heterocycles. The highest BCUT2D eigenvalue weighted by molar-refractivity contribution is 5.77. The lowest BCUT2D eigenvalue weighted by molar-refractivity contribution is 0.0254. The van der Waals surface area contributed by atoms with Crippen LogP contribution in [-0.2, 0) is 5.54 Å². The fourth-order valence-electron chi connectivity index (χ4n) is 5.59. The van der Waals surface area contributed by atoms with Gasteiger partial charge in [-0.25, -0.2) is 23.9 Å². The summed E-state index contributed by atoms with van der Waals surface area (Å²) in [4.78, 5) is 18.3. The SMILES string of the molecule is C[C@](N)(c1ccc(F)cc1)c1cnc(N2CCN(c3ncnn4cc(-c5cnn([C@H]6CC[C@@H]6O)c5)cc34)CC2)nc1. The molecule has 7 rings (SSSR count). The number of aliphatic hydroxyl groups is 1. The maximum absolute atomic E-state index is 13.4. The van der Waals surface area contributed by atoms with Gasteiger partial charge in [0, 0.05) is 67.7 Å². The van der Waals surface area contributed by atoms with Crippen LogP contribution in [0.5, 0.6) is 0 Å². The molecule has 210 valence electrons.